The van der Waals surface area contributed by atoms with E-state index in [9.17, 15) is 26.0 Å². The third kappa shape index (κ3) is 3.41. The van der Waals surface area contributed by atoms with E-state index in [2.05, 4.69) is 0 Å². The van der Waals surface area contributed by atoms with Gasteiger partial charge in [0.1, 0.15) is 0 Å². The van der Waals surface area contributed by atoms with E-state index < -0.39 is 49.3 Å². The number of sulfonamides is 1. The van der Waals surface area contributed by atoms with E-state index in [4.69, 9.17) is 5.14 Å². The first-order valence-electron chi connectivity index (χ1n) is 8.09. The summed E-state index contributed by atoms with van der Waals surface area (Å²) in [7, 11) is -4.35. The molecule has 3 rings (SSSR count). The second kappa shape index (κ2) is 7.03. The van der Waals surface area contributed by atoms with Crippen molar-refractivity contribution >= 4 is 10.0 Å². The number of nitrogens with two attached hydrogens (primary N) is 1. The van der Waals surface area contributed by atoms with E-state index in [1.807, 2.05) is 0 Å². The quantitative estimate of drug-likeness (QED) is 0.382. The van der Waals surface area contributed by atoms with Gasteiger partial charge in [-0.05, 0) is 25.5 Å². The summed E-state index contributed by atoms with van der Waals surface area (Å²) in [5.41, 5.74) is -0.248. The average molecular weight is 409 g/mol. The Morgan fingerprint density at radius 1 is 0.750 bits per heavy atom. The van der Waals surface area contributed by atoms with E-state index in [0.29, 0.717) is 11.1 Å². The molecule has 0 aromatic heterocycles. The van der Waals surface area contributed by atoms with Gasteiger partial charge in [0, 0.05) is 16.7 Å². The minimum Gasteiger partial charge on any atom is -0.225 e. The van der Waals surface area contributed by atoms with Gasteiger partial charge in [0.2, 0.25) is 10.0 Å². The number of rotatable bonds is 3. The first-order chi connectivity index (χ1) is 13.0. The highest BCUT2D eigenvalue weighted by molar-refractivity contribution is 7.89. The lowest BCUT2D eigenvalue weighted by Gasteiger charge is -2.17. The number of benzene rings is 3. The van der Waals surface area contributed by atoms with Gasteiger partial charge >= 0.3 is 0 Å². The molecule has 0 saturated heterocycles. The maximum Gasteiger partial charge on any atom is 0.238 e. The zero-order chi connectivity index (χ0) is 20.8. The van der Waals surface area contributed by atoms with Gasteiger partial charge in [-0.15, -0.1) is 0 Å². The largest absolute Gasteiger partial charge is 0.238 e. The number of hydrogen-bond donors (Lipinski definition) is 1. The Kier molecular flexibility index (Phi) is 5.03. The molecule has 0 bridgehead atoms. The maximum absolute atomic E-state index is 14.8. The summed E-state index contributed by atoms with van der Waals surface area (Å²) in [6, 6.07) is 9.60. The van der Waals surface area contributed by atoms with Gasteiger partial charge in [0.25, 0.3) is 0 Å². The summed E-state index contributed by atoms with van der Waals surface area (Å²) < 4.78 is 81.6. The Morgan fingerprint density at radius 2 is 1.25 bits per heavy atom. The van der Waals surface area contributed by atoms with Crippen LogP contribution in [0.1, 0.15) is 11.1 Å². The lowest BCUT2D eigenvalue weighted by molar-refractivity contribution is 0.412. The minimum atomic E-state index is -4.35. The van der Waals surface area contributed by atoms with Crippen LogP contribution in [0.15, 0.2) is 47.4 Å². The molecule has 0 atom stereocenters. The molecule has 3 aromatic rings. The summed E-state index contributed by atoms with van der Waals surface area (Å²) in [6.45, 7) is 3.39. The highest BCUT2D eigenvalue weighted by atomic mass is 32.2. The van der Waals surface area contributed by atoms with Crippen LogP contribution in [0.5, 0.6) is 0 Å². The highest BCUT2D eigenvalue weighted by Gasteiger charge is 2.29. The highest BCUT2D eigenvalue weighted by Crippen LogP contribution is 2.41. The van der Waals surface area contributed by atoms with Crippen LogP contribution in [0.4, 0.5) is 17.6 Å². The summed E-state index contributed by atoms with van der Waals surface area (Å²) in [5, 5.41) is 5.18. The van der Waals surface area contributed by atoms with Crippen LogP contribution in [-0.4, -0.2) is 8.42 Å². The fourth-order valence-electron chi connectivity index (χ4n) is 3.20. The van der Waals surface area contributed by atoms with Gasteiger partial charge < -0.3 is 0 Å². The fourth-order valence-corrected chi connectivity index (χ4v) is 3.94. The van der Waals surface area contributed by atoms with Crippen molar-refractivity contribution in [3.63, 3.8) is 0 Å². The monoisotopic (exact) mass is 409 g/mol. The van der Waals surface area contributed by atoms with Crippen molar-refractivity contribution in [1.29, 1.82) is 0 Å². The topological polar surface area (TPSA) is 60.2 Å². The molecule has 0 spiro atoms. The van der Waals surface area contributed by atoms with Crippen LogP contribution in [0.25, 0.3) is 22.3 Å². The molecule has 146 valence electrons. The average Bonchev–Trinajstić information content (AvgIpc) is 2.61. The summed E-state index contributed by atoms with van der Waals surface area (Å²) in [4.78, 5) is -0.537. The van der Waals surface area contributed by atoms with Gasteiger partial charge in [-0.1, -0.05) is 47.5 Å². The summed E-state index contributed by atoms with van der Waals surface area (Å²) >= 11 is 0. The molecule has 8 heteroatoms. The first kappa shape index (κ1) is 20.0. The van der Waals surface area contributed by atoms with Gasteiger partial charge in [-0.2, -0.15) is 0 Å². The Hall–Kier alpha value is -2.71. The van der Waals surface area contributed by atoms with Gasteiger partial charge in [-0.3, -0.25) is 0 Å². The second-order valence-corrected chi connectivity index (χ2v) is 7.95. The zero-order valence-corrected chi connectivity index (χ0v) is 15.7. The van der Waals surface area contributed by atoms with Crippen LogP contribution >= 0.6 is 0 Å². The number of hydrogen-bond acceptors (Lipinski definition) is 2. The van der Waals surface area contributed by atoms with E-state index in [1.165, 1.54) is 24.3 Å². The third-order valence-electron chi connectivity index (χ3n) is 4.24. The lowest BCUT2D eigenvalue weighted by atomic mass is 9.91. The maximum atomic E-state index is 14.8. The molecule has 0 amide bonds. The first-order valence-corrected chi connectivity index (χ1v) is 9.63. The lowest BCUT2D eigenvalue weighted by Crippen LogP contribution is -2.14. The molecular weight excluding hydrogens is 394 g/mol. The number of primary sulfonamides is 1. The summed E-state index contributed by atoms with van der Waals surface area (Å²) in [6.07, 6.45) is 0. The molecule has 3 aromatic carbocycles. The van der Waals surface area contributed by atoms with Crippen molar-refractivity contribution in [2.75, 3.05) is 0 Å². The van der Waals surface area contributed by atoms with Crippen LogP contribution in [0.3, 0.4) is 0 Å². The fraction of sp³-hybridized carbons (Fsp3) is 0.100. The molecular formula is C20H15F4NO2S. The molecule has 3 nitrogen and oxygen atoms in total. The standard InChI is InChI=1S/C20H15F4NO2S/c1-10-7-11(2)9-12(8-10)15-16(18(22)20(24)19(23)17(15)21)13-5-3-4-6-14(13)28(25,26)27/h3-9H,1-2H3,(H2,25,26,27). The second-order valence-electron chi connectivity index (χ2n) is 6.42. The predicted molar refractivity (Wildman–Crippen MR) is 98.0 cm³/mol. The van der Waals surface area contributed by atoms with E-state index in [1.54, 1.807) is 19.9 Å². The van der Waals surface area contributed by atoms with Crippen LogP contribution in [0.2, 0.25) is 0 Å². The Labute approximate surface area is 159 Å². The van der Waals surface area contributed by atoms with E-state index >= 15 is 0 Å². The van der Waals surface area contributed by atoms with Crippen molar-refractivity contribution < 1.29 is 26.0 Å². The zero-order valence-electron chi connectivity index (χ0n) is 14.9. The molecule has 2 N–H and O–H groups in total. The predicted octanol–water partition coefficient (Wildman–Crippen LogP) is 4.84. The Bertz CT molecular complexity index is 1190. The van der Waals surface area contributed by atoms with Gasteiger partial charge in [0.15, 0.2) is 23.3 Å². The van der Waals surface area contributed by atoms with Crippen LogP contribution < -0.4 is 5.14 Å². The minimum absolute atomic E-state index is 0.0759. The molecule has 0 fully saturated rings. The number of aryl methyl sites for hydroxylation is 2. The third-order valence-corrected chi connectivity index (χ3v) is 5.21. The van der Waals surface area contributed by atoms with Gasteiger partial charge in [0.05, 0.1) is 4.90 Å². The van der Waals surface area contributed by atoms with E-state index in [-0.39, 0.29) is 11.1 Å². The molecule has 0 aliphatic rings. The Morgan fingerprint density at radius 3 is 1.79 bits per heavy atom. The molecule has 28 heavy (non-hydrogen) atoms. The SMILES string of the molecule is Cc1cc(C)cc(-c2c(F)c(F)c(F)c(F)c2-c2ccccc2S(N)(=O)=O)c1. The molecule has 0 aliphatic carbocycles. The van der Waals surface area contributed by atoms with Gasteiger partial charge in [-0.25, -0.2) is 31.1 Å². The molecule has 0 radical (unpaired) electrons. The smallest absolute Gasteiger partial charge is 0.225 e. The van der Waals surface area contributed by atoms with Crippen LogP contribution in [-0.2, 0) is 10.0 Å². The van der Waals surface area contributed by atoms with Crippen molar-refractivity contribution in [3.05, 3.63) is 76.9 Å². The van der Waals surface area contributed by atoms with Crippen molar-refractivity contribution in [2.45, 2.75) is 18.7 Å². The van der Waals surface area contributed by atoms with Crippen molar-refractivity contribution in [3.8, 4) is 22.3 Å². The molecule has 0 heterocycles. The van der Waals surface area contributed by atoms with Crippen molar-refractivity contribution in [1.82, 2.24) is 0 Å². The van der Waals surface area contributed by atoms with Crippen molar-refractivity contribution in [2.24, 2.45) is 5.14 Å². The van der Waals surface area contributed by atoms with E-state index in [0.717, 1.165) is 12.1 Å². The normalized spacial score (nSPS) is 11.7. The summed E-state index contributed by atoms with van der Waals surface area (Å²) in [5.74, 6) is -7.35. The Balaban J connectivity index is 2.54. The molecule has 0 unspecified atom stereocenters. The molecule has 0 aliphatic heterocycles. The molecule has 0 saturated carbocycles. The number of halogens is 4. The van der Waals surface area contributed by atoms with Crippen LogP contribution in [0, 0.1) is 37.1 Å².